The Morgan fingerprint density at radius 2 is 1.95 bits per heavy atom. The van der Waals surface area contributed by atoms with Crippen molar-refractivity contribution < 1.29 is 14.7 Å². The fraction of sp³-hybridized carbons (Fsp3) is 0.429. The highest BCUT2D eigenvalue weighted by atomic mass is 32.2. The van der Waals surface area contributed by atoms with Gasteiger partial charge in [0.2, 0.25) is 5.91 Å². The van der Waals surface area contributed by atoms with Crippen LogP contribution in [0.2, 0.25) is 0 Å². The summed E-state index contributed by atoms with van der Waals surface area (Å²) in [5.41, 5.74) is 3.48. The topological polar surface area (TPSA) is 57.6 Å². The average Bonchev–Trinajstić information content (AvgIpc) is 2.32. The van der Waals surface area contributed by atoms with Crippen LogP contribution in [0.5, 0.6) is 0 Å². The van der Waals surface area contributed by atoms with E-state index in [1.54, 1.807) is 11.9 Å². The number of thioether (sulfide) groups is 1. The minimum absolute atomic E-state index is 0.0386. The summed E-state index contributed by atoms with van der Waals surface area (Å²) in [6.07, 6.45) is 0. The molecule has 0 bridgehead atoms. The lowest BCUT2D eigenvalue weighted by Crippen LogP contribution is -2.28. The zero-order valence-corrected chi connectivity index (χ0v) is 12.3. The third-order valence-corrected chi connectivity index (χ3v) is 3.68. The first-order chi connectivity index (χ1) is 8.90. The SMILES string of the molecule is Cc1ccc(CN(C)C(=O)CSCC(=O)O)c(C)c1. The number of benzene rings is 1. The van der Waals surface area contributed by atoms with E-state index in [2.05, 4.69) is 6.07 Å². The van der Waals surface area contributed by atoms with E-state index in [4.69, 9.17) is 5.11 Å². The van der Waals surface area contributed by atoms with Crippen molar-refractivity contribution in [2.24, 2.45) is 0 Å². The summed E-state index contributed by atoms with van der Waals surface area (Å²) in [7, 11) is 1.74. The summed E-state index contributed by atoms with van der Waals surface area (Å²) in [6.45, 7) is 4.62. The molecular formula is C14H19NO3S. The van der Waals surface area contributed by atoms with Crippen LogP contribution in [0.3, 0.4) is 0 Å². The van der Waals surface area contributed by atoms with Crippen LogP contribution in [0, 0.1) is 13.8 Å². The molecule has 0 heterocycles. The van der Waals surface area contributed by atoms with Gasteiger partial charge in [-0.1, -0.05) is 23.8 Å². The van der Waals surface area contributed by atoms with E-state index in [1.165, 1.54) is 5.56 Å². The number of hydrogen-bond acceptors (Lipinski definition) is 3. The second kappa shape index (κ2) is 7.19. The maximum Gasteiger partial charge on any atom is 0.313 e. The number of nitrogens with zero attached hydrogens (tertiary/aromatic N) is 1. The minimum Gasteiger partial charge on any atom is -0.481 e. The third-order valence-electron chi connectivity index (χ3n) is 2.78. The molecule has 0 saturated heterocycles. The van der Waals surface area contributed by atoms with Gasteiger partial charge < -0.3 is 10.0 Å². The maximum atomic E-state index is 11.8. The van der Waals surface area contributed by atoms with Crippen LogP contribution in [0.25, 0.3) is 0 Å². The molecule has 4 nitrogen and oxygen atoms in total. The van der Waals surface area contributed by atoms with Crippen LogP contribution in [-0.2, 0) is 16.1 Å². The highest BCUT2D eigenvalue weighted by molar-refractivity contribution is 8.00. The van der Waals surface area contributed by atoms with Gasteiger partial charge in [0.25, 0.3) is 0 Å². The van der Waals surface area contributed by atoms with E-state index in [9.17, 15) is 9.59 Å². The molecule has 0 aliphatic carbocycles. The summed E-state index contributed by atoms with van der Waals surface area (Å²) in [5.74, 6) is -0.780. The zero-order valence-electron chi connectivity index (χ0n) is 11.5. The van der Waals surface area contributed by atoms with Crippen molar-refractivity contribution >= 4 is 23.6 Å². The highest BCUT2D eigenvalue weighted by Gasteiger charge is 2.11. The average molecular weight is 281 g/mol. The quantitative estimate of drug-likeness (QED) is 0.867. The molecule has 0 atom stereocenters. The van der Waals surface area contributed by atoms with Gasteiger partial charge in [0.1, 0.15) is 0 Å². The Kier molecular flexibility index (Phi) is 5.89. The van der Waals surface area contributed by atoms with E-state index in [1.807, 2.05) is 26.0 Å². The molecule has 0 unspecified atom stereocenters. The number of aliphatic carboxylic acids is 1. The van der Waals surface area contributed by atoms with Gasteiger partial charge in [0.15, 0.2) is 0 Å². The molecule has 0 aliphatic heterocycles. The summed E-state index contributed by atoms with van der Waals surface area (Å²) in [4.78, 5) is 23.8. The number of carboxylic acids is 1. The minimum atomic E-state index is -0.894. The van der Waals surface area contributed by atoms with Crippen LogP contribution in [-0.4, -0.2) is 40.4 Å². The number of rotatable bonds is 6. The first-order valence-electron chi connectivity index (χ1n) is 5.99. The number of carboxylic acid groups (broad SMARTS) is 1. The Morgan fingerprint density at radius 1 is 1.26 bits per heavy atom. The molecule has 0 saturated carbocycles. The largest absolute Gasteiger partial charge is 0.481 e. The van der Waals surface area contributed by atoms with Gasteiger partial charge in [-0.05, 0) is 25.0 Å². The van der Waals surface area contributed by atoms with E-state index >= 15 is 0 Å². The Morgan fingerprint density at radius 3 is 2.53 bits per heavy atom. The molecule has 1 aromatic rings. The van der Waals surface area contributed by atoms with Crippen molar-refractivity contribution in [1.82, 2.24) is 4.90 Å². The van der Waals surface area contributed by atoms with Crippen LogP contribution >= 0.6 is 11.8 Å². The van der Waals surface area contributed by atoms with Gasteiger partial charge in [-0.15, -0.1) is 11.8 Å². The Bertz CT molecular complexity index is 474. The number of carbonyl (C=O) groups excluding carboxylic acids is 1. The Balaban J connectivity index is 2.51. The molecule has 0 aromatic heterocycles. The predicted octanol–water partition coefficient (Wildman–Crippen LogP) is 2.08. The molecular weight excluding hydrogens is 262 g/mol. The molecule has 0 spiro atoms. The number of carbonyl (C=O) groups is 2. The second-order valence-electron chi connectivity index (χ2n) is 4.57. The van der Waals surface area contributed by atoms with Crippen LogP contribution < -0.4 is 0 Å². The van der Waals surface area contributed by atoms with Crippen molar-refractivity contribution in [2.75, 3.05) is 18.6 Å². The van der Waals surface area contributed by atoms with E-state index in [0.717, 1.165) is 22.9 Å². The van der Waals surface area contributed by atoms with Crippen molar-refractivity contribution in [2.45, 2.75) is 20.4 Å². The molecule has 0 fully saturated rings. The van der Waals surface area contributed by atoms with Crippen LogP contribution in [0.1, 0.15) is 16.7 Å². The van der Waals surface area contributed by atoms with Gasteiger partial charge in [-0.25, -0.2) is 0 Å². The van der Waals surface area contributed by atoms with E-state index in [-0.39, 0.29) is 17.4 Å². The first-order valence-corrected chi connectivity index (χ1v) is 7.15. The Hall–Kier alpha value is -1.49. The second-order valence-corrected chi connectivity index (χ2v) is 5.55. The lowest BCUT2D eigenvalue weighted by atomic mass is 10.1. The summed E-state index contributed by atoms with van der Waals surface area (Å²) in [5, 5.41) is 8.52. The summed E-state index contributed by atoms with van der Waals surface area (Å²) in [6, 6.07) is 6.14. The predicted molar refractivity (Wildman–Crippen MR) is 77.4 cm³/mol. The molecule has 104 valence electrons. The highest BCUT2D eigenvalue weighted by Crippen LogP contribution is 2.13. The molecule has 1 rings (SSSR count). The van der Waals surface area contributed by atoms with Crippen LogP contribution in [0.4, 0.5) is 0 Å². The van der Waals surface area contributed by atoms with Gasteiger partial charge in [-0.2, -0.15) is 0 Å². The fourth-order valence-corrected chi connectivity index (χ4v) is 2.37. The zero-order chi connectivity index (χ0) is 14.4. The lowest BCUT2D eigenvalue weighted by molar-refractivity contribution is -0.133. The molecule has 19 heavy (non-hydrogen) atoms. The van der Waals surface area contributed by atoms with E-state index < -0.39 is 5.97 Å². The number of amides is 1. The fourth-order valence-electron chi connectivity index (χ4n) is 1.70. The Labute approximate surface area is 117 Å². The van der Waals surface area contributed by atoms with E-state index in [0.29, 0.717) is 6.54 Å². The van der Waals surface area contributed by atoms with Crippen molar-refractivity contribution in [1.29, 1.82) is 0 Å². The van der Waals surface area contributed by atoms with Crippen LogP contribution in [0.15, 0.2) is 18.2 Å². The summed E-state index contributed by atoms with van der Waals surface area (Å²) < 4.78 is 0. The van der Waals surface area contributed by atoms with Crippen molar-refractivity contribution in [3.8, 4) is 0 Å². The third kappa shape index (κ3) is 5.34. The summed E-state index contributed by atoms with van der Waals surface area (Å²) >= 11 is 1.12. The molecule has 1 amide bonds. The van der Waals surface area contributed by atoms with Gasteiger partial charge in [0, 0.05) is 13.6 Å². The monoisotopic (exact) mass is 281 g/mol. The van der Waals surface area contributed by atoms with Crippen molar-refractivity contribution in [3.63, 3.8) is 0 Å². The molecule has 0 aliphatic rings. The van der Waals surface area contributed by atoms with Gasteiger partial charge in [0.05, 0.1) is 11.5 Å². The molecule has 1 aromatic carbocycles. The normalized spacial score (nSPS) is 10.3. The lowest BCUT2D eigenvalue weighted by Gasteiger charge is -2.18. The maximum absolute atomic E-state index is 11.8. The number of aryl methyl sites for hydroxylation is 2. The first kappa shape index (κ1) is 15.6. The smallest absolute Gasteiger partial charge is 0.313 e. The molecule has 5 heteroatoms. The van der Waals surface area contributed by atoms with Gasteiger partial charge >= 0.3 is 5.97 Å². The standard InChI is InChI=1S/C14H19NO3S/c1-10-4-5-12(11(2)6-10)7-15(3)13(16)8-19-9-14(17)18/h4-6H,7-9H2,1-3H3,(H,17,18). The molecule has 1 N–H and O–H groups in total. The molecule has 0 radical (unpaired) electrons. The van der Waals surface area contributed by atoms with Gasteiger partial charge in [-0.3, -0.25) is 9.59 Å². The number of hydrogen-bond donors (Lipinski definition) is 1. The van der Waals surface area contributed by atoms with Crippen molar-refractivity contribution in [3.05, 3.63) is 34.9 Å².